The molecule has 4 nitrogen and oxygen atoms in total. The van der Waals surface area contributed by atoms with Crippen LogP contribution < -0.4 is 0 Å². The molecule has 26 heavy (non-hydrogen) atoms. The molecule has 0 radical (unpaired) electrons. The van der Waals surface area contributed by atoms with E-state index in [1.165, 1.54) is 34.1 Å². The van der Waals surface area contributed by atoms with Crippen molar-refractivity contribution in [1.82, 2.24) is 9.80 Å². The highest BCUT2D eigenvalue weighted by Crippen LogP contribution is 2.26. The van der Waals surface area contributed by atoms with Gasteiger partial charge in [-0.05, 0) is 48.6 Å². The molecule has 0 aliphatic carbocycles. The number of nitrogens with zero attached hydrogens (tertiary/aromatic N) is 2. The highest BCUT2D eigenvalue weighted by atomic mass is 35.5. The van der Waals surface area contributed by atoms with Crippen molar-refractivity contribution in [3.05, 3.63) is 67.6 Å². The van der Waals surface area contributed by atoms with Crippen LogP contribution in [0, 0.1) is 0 Å². The first kappa shape index (κ1) is 19.4. The average Bonchev–Trinajstić information content (AvgIpc) is 2.95. The Kier molecular flexibility index (Phi) is 5.75. The van der Waals surface area contributed by atoms with Crippen molar-refractivity contribution in [2.75, 3.05) is 13.1 Å². The van der Waals surface area contributed by atoms with Crippen LogP contribution in [-0.4, -0.2) is 39.8 Å². The summed E-state index contributed by atoms with van der Waals surface area (Å²) in [5.41, 5.74) is 0.523. The smallest absolute Gasteiger partial charge is 0.261 e. The van der Waals surface area contributed by atoms with Gasteiger partial charge in [-0.1, -0.05) is 46.4 Å². The van der Waals surface area contributed by atoms with Crippen LogP contribution in [0.15, 0.2) is 36.4 Å². The van der Waals surface area contributed by atoms with E-state index < -0.39 is 11.8 Å². The molecule has 0 saturated carbocycles. The maximum Gasteiger partial charge on any atom is 0.261 e. The van der Waals surface area contributed by atoms with Crippen LogP contribution in [0.2, 0.25) is 20.1 Å². The van der Waals surface area contributed by atoms with Gasteiger partial charge in [0.15, 0.2) is 5.11 Å². The van der Waals surface area contributed by atoms with Crippen molar-refractivity contribution in [1.29, 1.82) is 0 Å². The molecule has 134 valence electrons. The summed E-state index contributed by atoms with van der Waals surface area (Å²) in [6.07, 6.45) is 0. The fourth-order valence-electron chi connectivity index (χ4n) is 2.53. The van der Waals surface area contributed by atoms with Gasteiger partial charge in [-0.2, -0.15) is 0 Å². The van der Waals surface area contributed by atoms with E-state index in [-0.39, 0.29) is 39.4 Å². The van der Waals surface area contributed by atoms with E-state index in [9.17, 15) is 9.59 Å². The molecule has 0 N–H and O–H groups in total. The second kappa shape index (κ2) is 7.71. The molecule has 1 saturated heterocycles. The number of thiocarbonyl (C=S) groups is 1. The zero-order valence-electron chi connectivity index (χ0n) is 13.0. The molecule has 1 aliphatic heterocycles. The number of carbonyl (C=O) groups is 2. The Hall–Kier alpha value is -1.37. The molecule has 1 aliphatic rings. The van der Waals surface area contributed by atoms with Gasteiger partial charge in [0, 0.05) is 23.1 Å². The van der Waals surface area contributed by atoms with Gasteiger partial charge >= 0.3 is 0 Å². The fourth-order valence-corrected chi connectivity index (χ4v) is 3.86. The normalized spacial score (nSPS) is 14.1. The fraction of sp³-hybridized carbons (Fsp3) is 0.118. The third kappa shape index (κ3) is 3.68. The quantitative estimate of drug-likeness (QED) is 0.595. The van der Waals surface area contributed by atoms with E-state index in [1.807, 2.05) is 0 Å². The minimum Gasteiger partial charge on any atom is -0.283 e. The van der Waals surface area contributed by atoms with Crippen LogP contribution in [0.4, 0.5) is 0 Å². The number of rotatable bonds is 2. The summed E-state index contributed by atoms with van der Waals surface area (Å²) < 4.78 is 0. The lowest BCUT2D eigenvalue weighted by molar-refractivity contribution is 0.0858. The Morgan fingerprint density at radius 1 is 0.769 bits per heavy atom. The van der Waals surface area contributed by atoms with E-state index in [2.05, 4.69) is 0 Å². The van der Waals surface area contributed by atoms with Gasteiger partial charge in [0.05, 0.1) is 21.2 Å². The number of hydrogen-bond acceptors (Lipinski definition) is 3. The summed E-state index contributed by atoms with van der Waals surface area (Å²) in [5.74, 6) is -0.789. The molecule has 1 heterocycles. The number of carbonyl (C=O) groups excluding carboxylic acids is 2. The molecule has 0 bridgehead atoms. The maximum atomic E-state index is 12.7. The number of hydrogen-bond donors (Lipinski definition) is 0. The topological polar surface area (TPSA) is 40.6 Å². The van der Waals surface area contributed by atoms with Gasteiger partial charge in [-0.25, -0.2) is 0 Å². The van der Waals surface area contributed by atoms with Gasteiger partial charge in [-0.3, -0.25) is 19.4 Å². The highest BCUT2D eigenvalue weighted by Gasteiger charge is 2.35. The third-order valence-corrected chi connectivity index (χ3v) is 5.36. The summed E-state index contributed by atoms with van der Waals surface area (Å²) in [6.45, 7) is 0.515. The summed E-state index contributed by atoms with van der Waals surface area (Å²) in [7, 11) is 0. The number of halogens is 4. The summed E-state index contributed by atoms with van der Waals surface area (Å²) in [6, 6.07) is 9.14. The first-order valence-electron chi connectivity index (χ1n) is 7.37. The Labute approximate surface area is 175 Å². The average molecular weight is 448 g/mol. The van der Waals surface area contributed by atoms with Gasteiger partial charge in [0.1, 0.15) is 0 Å². The van der Waals surface area contributed by atoms with Crippen molar-refractivity contribution >= 4 is 75.5 Å². The monoisotopic (exact) mass is 446 g/mol. The summed E-state index contributed by atoms with van der Waals surface area (Å²) in [4.78, 5) is 28.1. The van der Waals surface area contributed by atoms with Gasteiger partial charge < -0.3 is 0 Å². The van der Waals surface area contributed by atoms with Crippen LogP contribution in [0.3, 0.4) is 0 Å². The summed E-state index contributed by atoms with van der Waals surface area (Å²) in [5, 5.41) is 1.37. The van der Waals surface area contributed by atoms with Crippen LogP contribution in [0.25, 0.3) is 0 Å². The molecule has 3 rings (SSSR count). The van der Waals surface area contributed by atoms with Gasteiger partial charge in [0.25, 0.3) is 11.8 Å². The van der Waals surface area contributed by atoms with E-state index in [0.29, 0.717) is 10.0 Å². The van der Waals surface area contributed by atoms with Crippen molar-refractivity contribution in [2.24, 2.45) is 0 Å². The molecule has 2 aromatic rings. The number of benzene rings is 2. The zero-order valence-corrected chi connectivity index (χ0v) is 16.8. The molecule has 0 aromatic heterocycles. The molecule has 0 spiro atoms. The lowest BCUT2D eigenvalue weighted by Gasteiger charge is -2.20. The molecule has 9 heteroatoms. The van der Waals surface area contributed by atoms with Crippen LogP contribution in [0.1, 0.15) is 20.7 Å². The van der Waals surface area contributed by atoms with E-state index >= 15 is 0 Å². The minimum atomic E-state index is -0.394. The largest absolute Gasteiger partial charge is 0.283 e. The van der Waals surface area contributed by atoms with E-state index in [1.54, 1.807) is 12.1 Å². The lowest BCUT2D eigenvalue weighted by Crippen LogP contribution is -2.39. The van der Waals surface area contributed by atoms with Crippen molar-refractivity contribution < 1.29 is 9.59 Å². The molecule has 2 amide bonds. The molecule has 0 atom stereocenters. The molecular weight excluding hydrogens is 438 g/mol. The first-order chi connectivity index (χ1) is 12.3. The van der Waals surface area contributed by atoms with E-state index in [4.69, 9.17) is 58.6 Å². The van der Waals surface area contributed by atoms with Crippen LogP contribution in [0.5, 0.6) is 0 Å². The molecular formula is C17H10Cl4N2O2S. The third-order valence-electron chi connectivity index (χ3n) is 3.82. The predicted octanol–water partition coefficient (Wildman–Crippen LogP) is 5.18. The van der Waals surface area contributed by atoms with Crippen LogP contribution >= 0.6 is 58.6 Å². The maximum absolute atomic E-state index is 12.7. The van der Waals surface area contributed by atoms with Gasteiger partial charge in [0.2, 0.25) is 0 Å². The SMILES string of the molecule is O=C(c1ccc(Cl)cc1Cl)N1CCN(C(=O)c2ccc(Cl)cc2Cl)C1=S. The predicted molar refractivity (Wildman–Crippen MR) is 108 cm³/mol. The Morgan fingerprint density at radius 2 is 1.15 bits per heavy atom. The Balaban J connectivity index is 1.83. The van der Waals surface area contributed by atoms with E-state index in [0.717, 1.165) is 0 Å². The molecule has 1 fully saturated rings. The zero-order chi connectivity index (χ0) is 19.0. The minimum absolute atomic E-state index is 0.0945. The molecule has 0 unspecified atom stereocenters. The van der Waals surface area contributed by atoms with Crippen molar-refractivity contribution in [3.8, 4) is 0 Å². The summed E-state index contributed by atoms with van der Waals surface area (Å²) >= 11 is 29.2. The number of amides is 2. The standard InChI is InChI=1S/C17H10Cl4N2O2S/c18-9-1-3-11(13(20)7-9)15(24)22-5-6-23(17(22)26)16(25)12-4-2-10(19)8-14(12)21/h1-4,7-8H,5-6H2. The highest BCUT2D eigenvalue weighted by molar-refractivity contribution is 7.80. The lowest BCUT2D eigenvalue weighted by atomic mass is 10.2. The first-order valence-corrected chi connectivity index (χ1v) is 9.29. The second-order valence-electron chi connectivity index (χ2n) is 5.44. The van der Waals surface area contributed by atoms with Gasteiger partial charge in [-0.15, -0.1) is 0 Å². The Morgan fingerprint density at radius 3 is 1.50 bits per heavy atom. The molecule has 2 aromatic carbocycles. The Bertz CT molecular complexity index is 861. The van der Waals surface area contributed by atoms with Crippen molar-refractivity contribution in [2.45, 2.75) is 0 Å². The van der Waals surface area contributed by atoms with Crippen LogP contribution in [-0.2, 0) is 0 Å². The van der Waals surface area contributed by atoms with Crippen molar-refractivity contribution in [3.63, 3.8) is 0 Å². The second-order valence-corrected chi connectivity index (χ2v) is 7.50.